The monoisotopic (exact) mass is 1010 g/mol. The Morgan fingerprint density at radius 2 is 0.553 bits per heavy atom. The van der Waals surface area contributed by atoms with Crippen molar-refractivity contribution in [3.05, 3.63) is 214 Å². The van der Waals surface area contributed by atoms with Gasteiger partial charge in [0.2, 0.25) is 0 Å². The molecule has 8 heteroatoms. The molecular formula is C68H68O8. The molecular weight excluding hydrogens is 945 g/mol. The fraction of sp³-hybridized carbons (Fsp3) is 0.235. The topological polar surface area (TPSA) is 89.5 Å². The number of ether oxygens (including phenoxy) is 6. The van der Waals surface area contributed by atoms with Crippen molar-refractivity contribution in [1.82, 2.24) is 0 Å². The molecule has 76 heavy (non-hydrogen) atoms. The van der Waals surface area contributed by atoms with Gasteiger partial charge in [0.05, 0.1) is 40.6 Å². The zero-order valence-corrected chi connectivity index (χ0v) is 45.1. The first-order valence-electron chi connectivity index (χ1n) is 26.4. The van der Waals surface area contributed by atoms with Crippen molar-refractivity contribution in [2.24, 2.45) is 0 Å². The second kappa shape index (κ2) is 25.7. The lowest BCUT2D eigenvalue weighted by Gasteiger charge is -2.20. The predicted octanol–water partition coefficient (Wildman–Crippen LogP) is 16.7. The van der Waals surface area contributed by atoms with E-state index in [1.807, 2.05) is 38.1 Å². The Hall–Kier alpha value is -8.36. The molecule has 0 aliphatic rings. The molecule has 388 valence electrons. The third-order valence-corrected chi connectivity index (χ3v) is 13.3. The highest BCUT2D eigenvalue weighted by Gasteiger charge is 2.21. The minimum Gasteiger partial charge on any atom is -0.493 e. The molecule has 0 radical (unpaired) electrons. The number of esters is 2. The van der Waals surface area contributed by atoms with Crippen LogP contribution in [0.15, 0.2) is 170 Å². The lowest BCUT2D eigenvalue weighted by Crippen LogP contribution is -2.06. The maximum atomic E-state index is 12.8. The molecule has 0 atom stereocenters. The smallest absolute Gasteiger partial charge is 0.341 e. The summed E-state index contributed by atoms with van der Waals surface area (Å²) in [4.78, 5) is 25.5. The van der Waals surface area contributed by atoms with Crippen molar-refractivity contribution in [2.75, 3.05) is 40.6 Å². The van der Waals surface area contributed by atoms with Gasteiger partial charge in [0.1, 0.15) is 34.1 Å². The lowest BCUT2D eigenvalue weighted by molar-refractivity contribution is 0.0586. The van der Waals surface area contributed by atoms with Crippen molar-refractivity contribution >= 4 is 23.1 Å². The Kier molecular flexibility index (Phi) is 18.3. The molecule has 0 spiro atoms. The van der Waals surface area contributed by atoms with Gasteiger partial charge in [-0.2, -0.15) is 0 Å². The number of benzene rings is 8. The molecule has 8 rings (SSSR count). The quantitative estimate of drug-likeness (QED) is 0.0490. The molecule has 0 fully saturated rings. The first kappa shape index (κ1) is 53.9. The average Bonchev–Trinajstić information content (AvgIpc) is 3.46. The molecule has 0 N–H and O–H groups in total. The van der Waals surface area contributed by atoms with Crippen LogP contribution in [0.2, 0.25) is 0 Å². The minimum absolute atomic E-state index is 0.387. The van der Waals surface area contributed by atoms with Crippen LogP contribution in [-0.2, 0) is 9.47 Å². The van der Waals surface area contributed by atoms with Crippen LogP contribution in [0.4, 0.5) is 0 Å². The predicted molar refractivity (Wildman–Crippen MR) is 308 cm³/mol. The number of hydrogen-bond donors (Lipinski definition) is 0. The number of carbonyl (C=O) groups excluding carboxylic acids is 2. The Bertz CT molecular complexity index is 3070. The van der Waals surface area contributed by atoms with E-state index < -0.39 is 11.9 Å². The van der Waals surface area contributed by atoms with E-state index in [0.717, 1.165) is 126 Å². The number of rotatable bonds is 22. The highest BCUT2D eigenvalue weighted by Crippen LogP contribution is 2.41. The standard InChI is InChI=1S/C68H68O8/c1-9-37-73-61-41-55(15-13-45(61)5)47-17-25-51(26-18-47)65(53-29-21-49(22-30-53)57-33-35-59(67(69)71-7)63(43-57)75-39-11-3)66(52-27-19-48(20-28-52)56-16-14-46(6)62(42-56)74-38-10-2)54-31-23-50(24-32-54)58-34-36-60(68(70)72-8)64(44-58)76-40-12-4/h13-36,41-44H,9-12,37-40H2,1-8H3/b66-65-. The SMILES string of the molecule is CCCOc1cc(-c2ccc(/C(=C(\c3ccc(-c4ccc(C)c(OCCC)c4)cc3)c3ccc(-c4ccc(C(=O)OC)c(OCCC)c4)cc3)c3ccc(-c4ccc(C(=O)OC)c(OCCC)c4)cc3)cc2)ccc1C. The molecule has 0 bridgehead atoms. The molecule has 0 heterocycles. The average molecular weight is 1010 g/mol. The van der Waals surface area contributed by atoms with Crippen LogP contribution < -0.4 is 18.9 Å². The van der Waals surface area contributed by atoms with Gasteiger partial charge in [0.25, 0.3) is 0 Å². The van der Waals surface area contributed by atoms with Crippen LogP contribution >= 0.6 is 0 Å². The Balaban J connectivity index is 1.32. The van der Waals surface area contributed by atoms with Gasteiger partial charge in [0, 0.05) is 0 Å². The van der Waals surface area contributed by atoms with Gasteiger partial charge >= 0.3 is 11.9 Å². The van der Waals surface area contributed by atoms with E-state index in [0.29, 0.717) is 49.1 Å². The number of hydrogen-bond acceptors (Lipinski definition) is 8. The van der Waals surface area contributed by atoms with Crippen LogP contribution in [0.3, 0.4) is 0 Å². The number of carbonyl (C=O) groups is 2. The van der Waals surface area contributed by atoms with E-state index in [4.69, 9.17) is 28.4 Å². The molecule has 8 nitrogen and oxygen atoms in total. The highest BCUT2D eigenvalue weighted by molar-refractivity contribution is 6.05. The van der Waals surface area contributed by atoms with Gasteiger partial charge in [-0.1, -0.05) is 161 Å². The van der Waals surface area contributed by atoms with Gasteiger partial charge < -0.3 is 28.4 Å². The second-order valence-corrected chi connectivity index (χ2v) is 18.8. The van der Waals surface area contributed by atoms with Crippen LogP contribution in [0.25, 0.3) is 55.7 Å². The summed E-state index contributed by atoms with van der Waals surface area (Å²) in [6.07, 6.45) is 3.45. The molecule has 0 amide bonds. The van der Waals surface area contributed by atoms with Gasteiger partial charge in [-0.15, -0.1) is 0 Å². The Labute approximate surface area is 448 Å². The van der Waals surface area contributed by atoms with Crippen LogP contribution in [0.1, 0.15) is 107 Å². The molecule has 0 saturated heterocycles. The molecule has 0 aliphatic carbocycles. The molecule has 8 aromatic rings. The van der Waals surface area contributed by atoms with E-state index in [9.17, 15) is 9.59 Å². The zero-order chi connectivity index (χ0) is 53.6. The van der Waals surface area contributed by atoms with E-state index in [2.05, 4.69) is 161 Å². The highest BCUT2D eigenvalue weighted by atomic mass is 16.5. The van der Waals surface area contributed by atoms with Crippen LogP contribution in [0, 0.1) is 13.8 Å². The summed E-state index contributed by atoms with van der Waals surface area (Å²) in [5.41, 5.74) is 17.2. The van der Waals surface area contributed by atoms with Crippen molar-refractivity contribution in [1.29, 1.82) is 0 Å². The van der Waals surface area contributed by atoms with Gasteiger partial charge in [-0.25, -0.2) is 9.59 Å². The van der Waals surface area contributed by atoms with Crippen molar-refractivity contribution < 1.29 is 38.0 Å². The molecule has 0 saturated carbocycles. The largest absolute Gasteiger partial charge is 0.493 e. The van der Waals surface area contributed by atoms with Crippen molar-refractivity contribution in [3.8, 4) is 67.5 Å². The maximum Gasteiger partial charge on any atom is 0.341 e. The summed E-state index contributed by atoms with van der Waals surface area (Å²) in [6.45, 7) is 14.7. The third kappa shape index (κ3) is 12.6. The molecule has 0 unspecified atom stereocenters. The minimum atomic E-state index is -0.443. The van der Waals surface area contributed by atoms with E-state index in [1.54, 1.807) is 12.1 Å². The van der Waals surface area contributed by atoms with Gasteiger partial charge in [-0.3, -0.25) is 0 Å². The lowest BCUT2D eigenvalue weighted by atomic mass is 9.84. The fourth-order valence-electron chi connectivity index (χ4n) is 9.15. The fourth-order valence-corrected chi connectivity index (χ4v) is 9.15. The van der Waals surface area contributed by atoms with E-state index >= 15 is 0 Å². The van der Waals surface area contributed by atoms with Gasteiger partial charge in [0.15, 0.2) is 0 Å². The summed E-state index contributed by atoms with van der Waals surface area (Å²) in [5, 5.41) is 0. The summed E-state index contributed by atoms with van der Waals surface area (Å²) in [7, 11) is 2.76. The first-order chi connectivity index (χ1) is 37.1. The number of methoxy groups -OCH3 is 2. The zero-order valence-electron chi connectivity index (χ0n) is 45.1. The Morgan fingerprint density at radius 1 is 0.316 bits per heavy atom. The summed E-state index contributed by atoms with van der Waals surface area (Å²) < 4.78 is 34.7. The number of aryl methyl sites for hydroxylation is 2. The molecule has 8 aromatic carbocycles. The van der Waals surface area contributed by atoms with Gasteiger partial charge in [-0.05, 0) is 165 Å². The van der Waals surface area contributed by atoms with Crippen molar-refractivity contribution in [3.63, 3.8) is 0 Å². The summed E-state index contributed by atoms with van der Waals surface area (Å²) in [5.74, 6) is 1.87. The summed E-state index contributed by atoms with van der Waals surface area (Å²) >= 11 is 0. The second-order valence-electron chi connectivity index (χ2n) is 18.8. The third-order valence-electron chi connectivity index (χ3n) is 13.3. The van der Waals surface area contributed by atoms with E-state index in [-0.39, 0.29) is 0 Å². The van der Waals surface area contributed by atoms with Crippen LogP contribution in [0.5, 0.6) is 23.0 Å². The normalized spacial score (nSPS) is 11.4. The van der Waals surface area contributed by atoms with Crippen LogP contribution in [-0.4, -0.2) is 52.6 Å². The van der Waals surface area contributed by atoms with E-state index in [1.165, 1.54) is 14.2 Å². The van der Waals surface area contributed by atoms with Crippen molar-refractivity contribution in [2.45, 2.75) is 67.2 Å². The molecule has 0 aromatic heterocycles. The Morgan fingerprint density at radius 3 is 0.816 bits per heavy atom. The first-order valence-corrected chi connectivity index (χ1v) is 26.4. The summed E-state index contributed by atoms with van der Waals surface area (Å²) in [6, 6.07) is 58.8. The molecule has 0 aliphatic heterocycles. The maximum absolute atomic E-state index is 12.8.